The van der Waals surface area contributed by atoms with E-state index in [-0.39, 0.29) is 23.3 Å². The zero-order chi connectivity index (χ0) is 25.4. The van der Waals surface area contributed by atoms with Gasteiger partial charge in [0.25, 0.3) is 5.91 Å². The smallest absolute Gasteiger partial charge is 0.257 e. The van der Waals surface area contributed by atoms with E-state index in [4.69, 9.17) is 16.3 Å². The number of halogens is 1. The summed E-state index contributed by atoms with van der Waals surface area (Å²) in [5.41, 5.74) is 2.42. The predicted molar refractivity (Wildman–Crippen MR) is 140 cm³/mol. The van der Waals surface area contributed by atoms with Gasteiger partial charge in [-0.1, -0.05) is 25.4 Å². The molecule has 0 saturated carbocycles. The molecule has 0 aliphatic carbocycles. The molecule has 188 valence electrons. The maximum atomic E-state index is 12.4. The van der Waals surface area contributed by atoms with Gasteiger partial charge < -0.3 is 15.4 Å². The minimum Gasteiger partial charge on any atom is -0.484 e. The van der Waals surface area contributed by atoms with Crippen molar-refractivity contribution >= 4 is 44.1 Å². The van der Waals surface area contributed by atoms with Crippen LogP contribution in [0.4, 0.5) is 5.69 Å². The number of aromatic nitrogens is 1. The van der Waals surface area contributed by atoms with E-state index in [1.807, 2.05) is 38.1 Å². The summed E-state index contributed by atoms with van der Waals surface area (Å²) in [6.45, 7) is 6.99. The average molecular weight is 519 g/mol. The van der Waals surface area contributed by atoms with Gasteiger partial charge in [0.05, 0.1) is 10.4 Å². The fourth-order valence-electron chi connectivity index (χ4n) is 3.32. The van der Waals surface area contributed by atoms with Gasteiger partial charge in [-0.25, -0.2) is 13.1 Å². The van der Waals surface area contributed by atoms with Gasteiger partial charge in [0.2, 0.25) is 10.0 Å². The third-order valence-corrected chi connectivity index (χ3v) is 6.85. The summed E-state index contributed by atoms with van der Waals surface area (Å²) < 4.78 is 32.9. The lowest BCUT2D eigenvalue weighted by atomic mass is 10.2. The van der Waals surface area contributed by atoms with Crippen molar-refractivity contribution in [3.63, 3.8) is 0 Å². The third-order valence-electron chi connectivity index (χ3n) is 5.19. The molecule has 2 aromatic carbocycles. The van der Waals surface area contributed by atoms with Gasteiger partial charge in [-0.05, 0) is 67.3 Å². The highest BCUT2D eigenvalue weighted by atomic mass is 35.5. The van der Waals surface area contributed by atoms with E-state index >= 15 is 0 Å². The molecule has 1 heterocycles. The standard InChI is InChI=1S/C25H31ClN4O4S/c1-17(2)15-30-35(32,33)20-6-8-24(18(3)13-20)34-16-25(31)29-11-4-10-27-22-9-12-28-23-14-19(26)5-7-21(22)23/h5-9,12-14,17,30H,4,10-11,15-16H2,1-3H3,(H,27,28)(H,29,31). The van der Waals surface area contributed by atoms with Gasteiger partial charge in [0.15, 0.2) is 6.61 Å². The van der Waals surface area contributed by atoms with Gasteiger partial charge in [-0.3, -0.25) is 9.78 Å². The van der Waals surface area contributed by atoms with Gasteiger partial charge >= 0.3 is 0 Å². The lowest BCUT2D eigenvalue weighted by molar-refractivity contribution is -0.123. The quantitative estimate of drug-likeness (QED) is 0.311. The fourth-order valence-corrected chi connectivity index (χ4v) is 4.78. The molecule has 0 saturated heterocycles. The number of aryl methyl sites for hydroxylation is 1. The number of carbonyl (C=O) groups excluding carboxylic acids is 1. The molecular formula is C25H31ClN4O4S. The van der Waals surface area contributed by atoms with Gasteiger partial charge in [-0.15, -0.1) is 0 Å². The van der Waals surface area contributed by atoms with E-state index in [1.165, 1.54) is 6.07 Å². The predicted octanol–water partition coefficient (Wildman–Crippen LogP) is 4.13. The number of nitrogens with one attached hydrogen (secondary N) is 3. The van der Waals surface area contributed by atoms with Crippen molar-refractivity contribution in [2.45, 2.75) is 32.1 Å². The Labute approximate surface area is 211 Å². The highest BCUT2D eigenvalue weighted by Crippen LogP contribution is 2.24. The van der Waals surface area contributed by atoms with Crippen LogP contribution in [0.2, 0.25) is 5.02 Å². The number of amides is 1. The Morgan fingerprint density at radius 1 is 1.11 bits per heavy atom. The number of fused-ring (bicyclic) bond motifs is 1. The molecule has 1 aromatic heterocycles. The van der Waals surface area contributed by atoms with Crippen LogP contribution in [0.15, 0.2) is 53.6 Å². The molecule has 0 aliphatic heterocycles. The second-order valence-electron chi connectivity index (χ2n) is 8.61. The molecule has 0 aliphatic rings. The largest absolute Gasteiger partial charge is 0.484 e. The van der Waals surface area contributed by atoms with E-state index in [0.29, 0.717) is 36.0 Å². The third kappa shape index (κ3) is 7.81. The minimum atomic E-state index is -3.58. The molecule has 0 atom stereocenters. The first-order valence-electron chi connectivity index (χ1n) is 11.4. The Kier molecular flexibility index (Phi) is 9.31. The van der Waals surface area contributed by atoms with E-state index in [9.17, 15) is 13.2 Å². The van der Waals surface area contributed by atoms with Crippen molar-refractivity contribution in [1.29, 1.82) is 0 Å². The number of nitrogens with zero attached hydrogens (tertiary/aromatic N) is 1. The van der Waals surface area contributed by atoms with Gasteiger partial charge in [0.1, 0.15) is 5.75 Å². The number of hydrogen-bond acceptors (Lipinski definition) is 6. The summed E-state index contributed by atoms with van der Waals surface area (Å²) in [4.78, 5) is 16.7. The molecule has 1 amide bonds. The number of hydrogen-bond donors (Lipinski definition) is 3. The summed E-state index contributed by atoms with van der Waals surface area (Å²) in [5, 5.41) is 7.81. The van der Waals surface area contributed by atoms with Crippen LogP contribution in [-0.2, 0) is 14.8 Å². The second-order valence-corrected chi connectivity index (χ2v) is 10.8. The molecule has 0 fully saturated rings. The van der Waals surface area contributed by atoms with E-state index < -0.39 is 10.0 Å². The Morgan fingerprint density at radius 3 is 2.66 bits per heavy atom. The van der Waals surface area contributed by atoms with Gasteiger partial charge in [0, 0.05) is 41.9 Å². The Morgan fingerprint density at radius 2 is 1.91 bits per heavy atom. The van der Waals surface area contributed by atoms with E-state index in [1.54, 1.807) is 25.3 Å². The number of benzene rings is 2. The first-order valence-corrected chi connectivity index (χ1v) is 13.3. The average Bonchev–Trinajstić information content (AvgIpc) is 2.81. The number of pyridine rings is 1. The lowest BCUT2D eigenvalue weighted by Gasteiger charge is -2.13. The monoisotopic (exact) mass is 518 g/mol. The van der Waals surface area contributed by atoms with Crippen LogP contribution in [0, 0.1) is 12.8 Å². The van der Waals surface area contributed by atoms with Crippen molar-refractivity contribution in [3.8, 4) is 5.75 Å². The molecule has 3 N–H and O–H groups in total. The van der Waals surface area contributed by atoms with Crippen molar-refractivity contribution in [2.75, 3.05) is 31.6 Å². The first kappa shape index (κ1) is 26.7. The normalized spacial score (nSPS) is 11.6. The molecule has 3 aromatic rings. The molecule has 3 rings (SSSR count). The molecule has 0 radical (unpaired) electrons. The summed E-state index contributed by atoms with van der Waals surface area (Å²) in [5.74, 6) is 0.427. The second kappa shape index (κ2) is 12.2. The number of carbonyl (C=O) groups is 1. The Hall–Kier alpha value is -2.88. The Bertz CT molecular complexity index is 1280. The number of anilines is 1. The summed E-state index contributed by atoms with van der Waals surface area (Å²) in [6.07, 6.45) is 2.45. The zero-order valence-corrected chi connectivity index (χ0v) is 21.7. The van der Waals surface area contributed by atoms with Gasteiger partial charge in [-0.2, -0.15) is 0 Å². The fraction of sp³-hybridized carbons (Fsp3) is 0.360. The van der Waals surface area contributed by atoms with Crippen LogP contribution in [-0.4, -0.2) is 45.6 Å². The lowest BCUT2D eigenvalue weighted by Crippen LogP contribution is -2.30. The van der Waals surface area contributed by atoms with Crippen molar-refractivity contribution < 1.29 is 17.9 Å². The van der Waals surface area contributed by atoms with Crippen molar-refractivity contribution in [2.24, 2.45) is 5.92 Å². The topological polar surface area (TPSA) is 109 Å². The molecule has 8 nitrogen and oxygen atoms in total. The summed E-state index contributed by atoms with van der Waals surface area (Å²) >= 11 is 6.03. The molecule has 0 bridgehead atoms. The Balaban J connectivity index is 1.41. The summed E-state index contributed by atoms with van der Waals surface area (Å²) in [7, 11) is -3.58. The maximum Gasteiger partial charge on any atom is 0.257 e. The van der Waals surface area contributed by atoms with Crippen LogP contribution in [0.1, 0.15) is 25.8 Å². The van der Waals surface area contributed by atoms with E-state index in [0.717, 1.165) is 23.0 Å². The van der Waals surface area contributed by atoms with Crippen LogP contribution in [0.25, 0.3) is 10.9 Å². The summed E-state index contributed by atoms with van der Waals surface area (Å²) in [6, 6.07) is 12.1. The SMILES string of the molecule is Cc1cc(S(=O)(=O)NCC(C)C)ccc1OCC(=O)NCCCNc1ccnc2cc(Cl)ccc12. The number of ether oxygens (including phenoxy) is 1. The molecule has 10 heteroatoms. The maximum absolute atomic E-state index is 12.4. The van der Waals surface area contributed by atoms with Crippen LogP contribution in [0.5, 0.6) is 5.75 Å². The number of rotatable bonds is 12. The van der Waals surface area contributed by atoms with Crippen LogP contribution in [0.3, 0.4) is 0 Å². The highest BCUT2D eigenvalue weighted by molar-refractivity contribution is 7.89. The van der Waals surface area contributed by atoms with Crippen molar-refractivity contribution in [3.05, 3.63) is 59.2 Å². The highest BCUT2D eigenvalue weighted by Gasteiger charge is 2.16. The minimum absolute atomic E-state index is 0.151. The van der Waals surface area contributed by atoms with E-state index in [2.05, 4.69) is 20.3 Å². The molecule has 0 spiro atoms. The van der Waals surface area contributed by atoms with Crippen LogP contribution >= 0.6 is 11.6 Å². The molecular weight excluding hydrogens is 488 g/mol. The molecule has 35 heavy (non-hydrogen) atoms. The zero-order valence-electron chi connectivity index (χ0n) is 20.1. The number of sulfonamides is 1. The van der Waals surface area contributed by atoms with Crippen LogP contribution < -0.4 is 20.1 Å². The first-order chi connectivity index (χ1) is 16.7. The van der Waals surface area contributed by atoms with Crippen molar-refractivity contribution in [1.82, 2.24) is 15.0 Å². The molecule has 0 unspecified atom stereocenters.